The number of aromatic nitrogens is 5. The zero-order valence-electron chi connectivity index (χ0n) is 31.4. The van der Waals surface area contributed by atoms with Crippen molar-refractivity contribution < 1.29 is 23.7 Å². The maximum atomic E-state index is 13.5. The summed E-state index contributed by atoms with van der Waals surface area (Å²) in [6, 6.07) is 29.0. The minimum Gasteiger partial charge on any atom is -0.496 e. The smallest absolute Gasteiger partial charge is 0.320 e. The molecule has 0 saturated carbocycles. The van der Waals surface area contributed by atoms with Crippen molar-refractivity contribution in [1.82, 2.24) is 29.7 Å². The lowest BCUT2D eigenvalue weighted by Crippen LogP contribution is -2.29. The molecule has 1 atom stereocenters. The van der Waals surface area contributed by atoms with Crippen LogP contribution in [0.3, 0.4) is 0 Å². The van der Waals surface area contributed by atoms with Crippen molar-refractivity contribution in [2.24, 2.45) is 0 Å². The fraction of sp³-hybridized carbons (Fsp3) is 0.317. The molecule has 2 N–H and O–H groups in total. The quantitative estimate of drug-likeness (QED) is 0.0980. The molecular formula is C41H45N7O5S2. The van der Waals surface area contributed by atoms with Gasteiger partial charge in [0.1, 0.15) is 23.9 Å². The number of nitrogens with zero attached hydrogens (tertiary/aromatic N) is 5. The highest BCUT2D eigenvalue weighted by Gasteiger charge is 2.25. The Bertz CT molecular complexity index is 2230. The Balaban J connectivity index is 1.04. The van der Waals surface area contributed by atoms with Crippen LogP contribution in [-0.4, -0.2) is 69.9 Å². The average molecular weight is 780 g/mol. The lowest BCUT2D eigenvalue weighted by molar-refractivity contribution is -0.165. The van der Waals surface area contributed by atoms with E-state index in [9.17, 15) is 4.79 Å². The Labute approximate surface area is 329 Å². The number of benzene rings is 3. The van der Waals surface area contributed by atoms with E-state index in [-0.39, 0.29) is 17.1 Å². The molecule has 7 rings (SSSR count). The Morgan fingerprint density at radius 2 is 1.84 bits per heavy atom. The van der Waals surface area contributed by atoms with Crippen LogP contribution in [0.5, 0.6) is 11.5 Å². The Kier molecular flexibility index (Phi) is 12.3. The number of pyridine rings is 1. The average Bonchev–Trinajstić information content (AvgIpc) is 3.84. The summed E-state index contributed by atoms with van der Waals surface area (Å²) in [7, 11) is 1.65. The minimum atomic E-state index is -0.351. The zero-order valence-corrected chi connectivity index (χ0v) is 33.0. The number of carbonyl (C=O) groups excluding carboxylic acids is 1. The third-order valence-electron chi connectivity index (χ3n) is 9.30. The summed E-state index contributed by atoms with van der Waals surface area (Å²) >= 11 is 3.29. The van der Waals surface area contributed by atoms with Gasteiger partial charge in [0.15, 0.2) is 17.8 Å². The first kappa shape index (κ1) is 38.3. The SMILES string of the molecule is COc1ccccc1-c1nnc2ccc(Sc3ccccc3CNC(=O)Nc3cc(C(C)(C)SC)nn3-c3cccc(OCCOC4CCCCO4)c3)cn12. The number of ether oxygens (including phenoxy) is 4. The van der Waals surface area contributed by atoms with Crippen LogP contribution in [-0.2, 0) is 20.8 Å². The number of para-hydroxylation sites is 1. The van der Waals surface area contributed by atoms with Gasteiger partial charge in [0.25, 0.3) is 0 Å². The van der Waals surface area contributed by atoms with Crippen molar-refractivity contribution in [1.29, 1.82) is 0 Å². The molecule has 1 unspecified atom stereocenters. The highest BCUT2D eigenvalue weighted by atomic mass is 32.2. The molecule has 4 heterocycles. The molecule has 0 radical (unpaired) electrons. The number of nitrogens with one attached hydrogen (secondary N) is 2. The van der Waals surface area contributed by atoms with Gasteiger partial charge in [-0.05, 0) is 87.4 Å². The Morgan fingerprint density at radius 1 is 0.982 bits per heavy atom. The fourth-order valence-corrected chi connectivity index (χ4v) is 7.38. The number of carbonyl (C=O) groups is 1. The van der Waals surface area contributed by atoms with Gasteiger partial charge in [0.2, 0.25) is 0 Å². The lowest BCUT2D eigenvalue weighted by atomic mass is 10.1. The molecule has 1 aliphatic rings. The predicted octanol–water partition coefficient (Wildman–Crippen LogP) is 8.58. The number of hydrogen-bond donors (Lipinski definition) is 2. The molecule has 1 saturated heterocycles. The van der Waals surface area contributed by atoms with Crippen molar-refractivity contribution in [3.8, 4) is 28.6 Å². The van der Waals surface area contributed by atoms with Gasteiger partial charge in [-0.3, -0.25) is 9.72 Å². The van der Waals surface area contributed by atoms with E-state index in [0.29, 0.717) is 37.2 Å². The maximum absolute atomic E-state index is 13.5. The van der Waals surface area contributed by atoms with Crippen molar-refractivity contribution >= 4 is 41.0 Å². The largest absolute Gasteiger partial charge is 0.496 e. The van der Waals surface area contributed by atoms with E-state index >= 15 is 0 Å². The van der Waals surface area contributed by atoms with E-state index in [0.717, 1.165) is 69.6 Å². The number of amides is 2. The summed E-state index contributed by atoms with van der Waals surface area (Å²) in [6.45, 7) is 6.09. The molecular weight excluding hydrogens is 735 g/mol. The molecule has 14 heteroatoms. The summed E-state index contributed by atoms with van der Waals surface area (Å²) in [4.78, 5) is 15.5. The van der Waals surface area contributed by atoms with Crippen LogP contribution in [0, 0.1) is 0 Å². The van der Waals surface area contributed by atoms with Crippen molar-refractivity contribution in [3.63, 3.8) is 0 Å². The molecule has 0 aliphatic carbocycles. The predicted molar refractivity (Wildman–Crippen MR) is 217 cm³/mol. The normalized spacial score (nSPS) is 14.5. The van der Waals surface area contributed by atoms with Crippen molar-refractivity contribution in [3.05, 3.63) is 108 Å². The van der Waals surface area contributed by atoms with Gasteiger partial charge < -0.3 is 24.3 Å². The number of rotatable bonds is 15. The van der Waals surface area contributed by atoms with E-state index in [4.69, 9.17) is 24.0 Å². The third kappa shape index (κ3) is 9.27. The zero-order chi connectivity index (χ0) is 38.2. The second-order valence-corrected chi connectivity index (χ2v) is 15.9. The second kappa shape index (κ2) is 17.6. The molecule has 1 aliphatic heterocycles. The standard InChI is InChI=1S/C41H45N7O5S2/c1-41(2,54-4)35-25-37(48(46-35)29-13-11-14-30(24-29)51-22-23-53-38-18-9-10-21-52-38)43-40(49)42-26-28-12-5-8-17-34(28)55-31-19-20-36-44-45-39(47(36)27-31)32-15-6-7-16-33(32)50-3/h5-8,11-17,19-20,24-25,27,38H,9-10,18,21-23,26H2,1-4H3,(H2,42,43,49). The highest BCUT2D eigenvalue weighted by Crippen LogP contribution is 2.36. The monoisotopic (exact) mass is 779 g/mol. The van der Waals surface area contributed by atoms with Gasteiger partial charge in [-0.25, -0.2) is 9.48 Å². The molecule has 12 nitrogen and oxygen atoms in total. The molecule has 3 aromatic heterocycles. The van der Waals surface area contributed by atoms with E-state index in [1.165, 1.54) is 0 Å². The van der Waals surface area contributed by atoms with Crippen LogP contribution in [0.2, 0.25) is 0 Å². The van der Waals surface area contributed by atoms with Gasteiger partial charge >= 0.3 is 6.03 Å². The summed E-state index contributed by atoms with van der Waals surface area (Å²) in [5, 5.41) is 19.9. The summed E-state index contributed by atoms with van der Waals surface area (Å²) in [6.07, 6.45) is 7.01. The maximum Gasteiger partial charge on any atom is 0.320 e. The van der Waals surface area contributed by atoms with Crippen LogP contribution >= 0.6 is 23.5 Å². The van der Waals surface area contributed by atoms with Gasteiger partial charge in [0.05, 0.1) is 35.4 Å². The van der Waals surface area contributed by atoms with Gasteiger partial charge in [0, 0.05) is 41.3 Å². The van der Waals surface area contributed by atoms with Crippen LogP contribution < -0.4 is 20.1 Å². The number of anilines is 1. The molecule has 0 bridgehead atoms. The summed E-state index contributed by atoms with van der Waals surface area (Å²) < 4.78 is 26.5. The van der Waals surface area contributed by atoms with Crippen LogP contribution in [0.4, 0.5) is 10.6 Å². The molecule has 1 fully saturated rings. The topological polar surface area (TPSA) is 126 Å². The molecule has 0 spiro atoms. The first-order valence-electron chi connectivity index (χ1n) is 18.2. The third-order valence-corrected chi connectivity index (χ3v) is 11.6. The number of hydrogen-bond acceptors (Lipinski definition) is 10. The summed E-state index contributed by atoms with van der Waals surface area (Å²) in [5.41, 5.74) is 4.15. The Morgan fingerprint density at radius 3 is 2.67 bits per heavy atom. The summed E-state index contributed by atoms with van der Waals surface area (Å²) in [5.74, 6) is 2.64. The van der Waals surface area contributed by atoms with Crippen LogP contribution in [0.25, 0.3) is 22.7 Å². The molecule has 3 aromatic carbocycles. The molecule has 286 valence electrons. The minimum absolute atomic E-state index is 0.159. The van der Waals surface area contributed by atoms with Gasteiger partial charge in [-0.2, -0.15) is 16.9 Å². The second-order valence-electron chi connectivity index (χ2n) is 13.4. The van der Waals surface area contributed by atoms with Crippen molar-refractivity contribution in [2.45, 2.75) is 60.5 Å². The van der Waals surface area contributed by atoms with E-state index in [1.54, 1.807) is 35.3 Å². The van der Waals surface area contributed by atoms with E-state index in [2.05, 4.69) is 34.7 Å². The van der Waals surface area contributed by atoms with E-state index in [1.807, 2.05) is 108 Å². The first-order valence-corrected chi connectivity index (χ1v) is 20.3. The number of urea groups is 1. The highest BCUT2D eigenvalue weighted by molar-refractivity contribution is 7.99. The molecule has 2 amide bonds. The van der Waals surface area contributed by atoms with Gasteiger partial charge in [-0.1, -0.05) is 48.2 Å². The number of fused-ring (bicyclic) bond motifs is 1. The van der Waals surface area contributed by atoms with E-state index < -0.39 is 0 Å². The van der Waals surface area contributed by atoms with Crippen molar-refractivity contribution in [2.75, 3.05) is 38.5 Å². The first-order chi connectivity index (χ1) is 26.8. The lowest BCUT2D eigenvalue weighted by Gasteiger charge is -2.22. The fourth-order valence-electron chi connectivity index (χ4n) is 6.11. The number of methoxy groups -OCH3 is 1. The van der Waals surface area contributed by atoms with Gasteiger partial charge in [-0.15, -0.1) is 10.2 Å². The van der Waals surface area contributed by atoms with Crippen LogP contribution in [0.15, 0.2) is 107 Å². The number of thioether (sulfide) groups is 1. The molecule has 55 heavy (non-hydrogen) atoms. The Hall–Kier alpha value is -5.02. The molecule has 6 aromatic rings. The van der Waals surface area contributed by atoms with Crippen LogP contribution in [0.1, 0.15) is 44.4 Å².